The molecule has 7 nitrogen and oxygen atoms in total. The molecule has 2 aromatic heterocycles. The van der Waals surface area contributed by atoms with E-state index in [9.17, 15) is 0 Å². The Morgan fingerprint density at radius 2 is 1.96 bits per heavy atom. The van der Waals surface area contributed by atoms with Gasteiger partial charge in [-0.2, -0.15) is 20.0 Å². The standard InChI is InChI=1S/C18H22N6O/c1-14-21-17(23-25-14)18(10-6-3-7-11-18)19-12-15-13-20-24(22-15)16-8-4-2-5-9-16/h2,4-5,8-9,13,19H,3,6-7,10-12H2,1H3. The summed E-state index contributed by atoms with van der Waals surface area (Å²) in [5, 5.41) is 16.8. The van der Waals surface area contributed by atoms with Crippen molar-refractivity contribution in [2.75, 3.05) is 0 Å². The van der Waals surface area contributed by atoms with Gasteiger partial charge in [0.15, 0.2) is 5.82 Å². The maximum absolute atomic E-state index is 5.22. The van der Waals surface area contributed by atoms with Crippen LogP contribution in [0.25, 0.3) is 5.69 Å². The van der Waals surface area contributed by atoms with Crippen molar-refractivity contribution in [2.45, 2.75) is 51.1 Å². The molecular formula is C18H22N6O. The molecule has 25 heavy (non-hydrogen) atoms. The maximum atomic E-state index is 5.22. The molecule has 4 rings (SSSR count). The molecular weight excluding hydrogens is 316 g/mol. The number of hydrogen-bond acceptors (Lipinski definition) is 6. The van der Waals surface area contributed by atoms with Crippen LogP contribution in [0.15, 0.2) is 41.1 Å². The van der Waals surface area contributed by atoms with Crippen LogP contribution in [-0.4, -0.2) is 25.1 Å². The predicted molar refractivity (Wildman–Crippen MR) is 92.0 cm³/mol. The molecule has 2 heterocycles. The topological polar surface area (TPSA) is 81.7 Å². The third kappa shape index (κ3) is 3.32. The zero-order valence-electron chi connectivity index (χ0n) is 14.4. The second-order valence-electron chi connectivity index (χ2n) is 6.59. The highest BCUT2D eigenvalue weighted by Crippen LogP contribution is 2.35. The SMILES string of the molecule is Cc1nc(C2(NCc3cnn(-c4ccccc4)n3)CCCCC2)no1. The average molecular weight is 338 g/mol. The van der Waals surface area contributed by atoms with Gasteiger partial charge in [-0.05, 0) is 25.0 Å². The summed E-state index contributed by atoms with van der Waals surface area (Å²) < 4.78 is 5.22. The molecule has 1 aliphatic carbocycles. The Balaban J connectivity index is 1.51. The van der Waals surface area contributed by atoms with Gasteiger partial charge in [0.25, 0.3) is 0 Å². The van der Waals surface area contributed by atoms with Crippen LogP contribution < -0.4 is 5.32 Å². The van der Waals surface area contributed by atoms with Gasteiger partial charge in [0.2, 0.25) is 5.89 Å². The smallest absolute Gasteiger partial charge is 0.223 e. The Bertz CT molecular complexity index is 819. The van der Waals surface area contributed by atoms with E-state index < -0.39 is 0 Å². The van der Waals surface area contributed by atoms with Crippen LogP contribution >= 0.6 is 0 Å². The van der Waals surface area contributed by atoms with Crippen LogP contribution in [0.5, 0.6) is 0 Å². The fraction of sp³-hybridized carbons (Fsp3) is 0.444. The lowest BCUT2D eigenvalue weighted by Crippen LogP contribution is -2.44. The van der Waals surface area contributed by atoms with Gasteiger partial charge in [-0.15, -0.1) is 0 Å². The van der Waals surface area contributed by atoms with E-state index in [1.54, 1.807) is 11.0 Å². The first kappa shape index (κ1) is 16.0. The van der Waals surface area contributed by atoms with Crippen molar-refractivity contribution >= 4 is 0 Å². The molecule has 0 radical (unpaired) electrons. The van der Waals surface area contributed by atoms with Crippen LogP contribution in [-0.2, 0) is 12.1 Å². The van der Waals surface area contributed by atoms with Gasteiger partial charge in [-0.1, -0.05) is 42.6 Å². The highest BCUT2D eigenvalue weighted by molar-refractivity contribution is 5.28. The molecule has 1 aromatic carbocycles. The first-order valence-electron chi connectivity index (χ1n) is 8.78. The third-order valence-electron chi connectivity index (χ3n) is 4.80. The molecule has 130 valence electrons. The molecule has 0 atom stereocenters. The zero-order valence-corrected chi connectivity index (χ0v) is 14.4. The summed E-state index contributed by atoms with van der Waals surface area (Å²) >= 11 is 0. The lowest BCUT2D eigenvalue weighted by atomic mass is 9.81. The molecule has 0 unspecified atom stereocenters. The minimum absolute atomic E-state index is 0.230. The number of para-hydroxylation sites is 1. The van der Waals surface area contributed by atoms with Crippen LogP contribution in [0.2, 0.25) is 0 Å². The quantitative estimate of drug-likeness (QED) is 0.770. The lowest BCUT2D eigenvalue weighted by Gasteiger charge is -2.35. The van der Waals surface area contributed by atoms with Crippen molar-refractivity contribution in [3.05, 3.63) is 53.9 Å². The van der Waals surface area contributed by atoms with Gasteiger partial charge in [0.1, 0.15) is 0 Å². The Labute approximate surface area is 146 Å². The van der Waals surface area contributed by atoms with Gasteiger partial charge < -0.3 is 4.52 Å². The number of nitrogens with zero attached hydrogens (tertiary/aromatic N) is 5. The number of hydrogen-bond donors (Lipinski definition) is 1. The number of aromatic nitrogens is 5. The van der Waals surface area contributed by atoms with Gasteiger partial charge in [-0.3, -0.25) is 5.32 Å². The second kappa shape index (κ2) is 6.76. The first-order chi connectivity index (χ1) is 12.3. The van der Waals surface area contributed by atoms with Crippen LogP contribution in [0.1, 0.15) is 49.5 Å². The monoisotopic (exact) mass is 338 g/mol. The summed E-state index contributed by atoms with van der Waals surface area (Å²) in [6.07, 6.45) is 7.41. The predicted octanol–water partition coefficient (Wildman–Crippen LogP) is 2.91. The fourth-order valence-corrected chi connectivity index (χ4v) is 3.45. The van der Waals surface area contributed by atoms with E-state index in [-0.39, 0.29) is 5.54 Å². The summed E-state index contributed by atoms with van der Waals surface area (Å²) in [5.41, 5.74) is 1.62. The Morgan fingerprint density at radius 1 is 1.16 bits per heavy atom. The molecule has 1 aliphatic rings. The summed E-state index contributed by atoms with van der Waals surface area (Å²) in [5.74, 6) is 1.37. The highest BCUT2D eigenvalue weighted by atomic mass is 16.5. The average Bonchev–Trinajstić information content (AvgIpc) is 3.31. The van der Waals surface area contributed by atoms with E-state index in [2.05, 4.69) is 25.7 Å². The molecule has 0 bridgehead atoms. The number of rotatable bonds is 5. The largest absolute Gasteiger partial charge is 0.340 e. The Kier molecular flexibility index (Phi) is 4.31. The minimum Gasteiger partial charge on any atom is -0.340 e. The minimum atomic E-state index is -0.230. The number of aryl methyl sites for hydroxylation is 1. The summed E-state index contributed by atoms with van der Waals surface area (Å²) in [4.78, 5) is 6.15. The van der Waals surface area contributed by atoms with E-state index in [0.29, 0.717) is 12.4 Å². The maximum Gasteiger partial charge on any atom is 0.223 e. The van der Waals surface area contributed by atoms with E-state index in [1.165, 1.54) is 6.42 Å². The van der Waals surface area contributed by atoms with Crippen LogP contribution in [0, 0.1) is 6.92 Å². The van der Waals surface area contributed by atoms with Crippen molar-refractivity contribution in [3.8, 4) is 5.69 Å². The third-order valence-corrected chi connectivity index (χ3v) is 4.80. The lowest BCUT2D eigenvalue weighted by molar-refractivity contribution is 0.210. The number of nitrogens with one attached hydrogen (secondary N) is 1. The molecule has 0 aliphatic heterocycles. The van der Waals surface area contributed by atoms with E-state index in [4.69, 9.17) is 4.52 Å². The molecule has 3 aromatic rings. The summed E-state index contributed by atoms with van der Waals surface area (Å²) in [6.45, 7) is 2.46. The van der Waals surface area contributed by atoms with Crippen molar-refractivity contribution in [1.82, 2.24) is 30.5 Å². The molecule has 1 saturated carbocycles. The summed E-state index contributed by atoms with van der Waals surface area (Å²) in [6, 6.07) is 9.91. The van der Waals surface area contributed by atoms with Crippen LogP contribution in [0.4, 0.5) is 0 Å². The Hall–Kier alpha value is -2.54. The van der Waals surface area contributed by atoms with Crippen molar-refractivity contribution in [3.63, 3.8) is 0 Å². The van der Waals surface area contributed by atoms with Crippen molar-refractivity contribution in [2.24, 2.45) is 0 Å². The summed E-state index contributed by atoms with van der Waals surface area (Å²) in [7, 11) is 0. The zero-order chi connectivity index (χ0) is 17.1. The molecule has 7 heteroatoms. The molecule has 0 spiro atoms. The van der Waals surface area contributed by atoms with Gasteiger partial charge in [-0.25, -0.2) is 0 Å². The molecule has 0 saturated heterocycles. The van der Waals surface area contributed by atoms with Crippen LogP contribution in [0.3, 0.4) is 0 Å². The number of benzene rings is 1. The second-order valence-corrected chi connectivity index (χ2v) is 6.59. The molecule has 0 amide bonds. The van der Waals surface area contributed by atoms with Gasteiger partial charge in [0.05, 0.1) is 23.1 Å². The normalized spacial score (nSPS) is 16.8. The molecule has 1 fully saturated rings. The van der Waals surface area contributed by atoms with Crippen molar-refractivity contribution < 1.29 is 4.52 Å². The van der Waals surface area contributed by atoms with Gasteiger partial charge >= 0.3 is 0 Å². The van der Waals surface area contributed by atoms with E-state index in [0.717, 1.165) is 42.9 Å². The first-order valence-corrected chi connectivity index (χ1v) is 8.78. The van der Waals surface area contributed by atoms with E-state index >= 15 is 0 Å². The van der Waals surface area contributed by atoms with Crippen molar-refractivity contribution in [1.29, 1.82) is 0 Å². The molecule has 1 N–H and O–H groups in total. The highest BCUT2D eigenvalue weighted by Gasteiger charge is 2.37. The van der Waals surface area contributed by atoms with E-state index in [1.807, 2.05) is 37.3 Å². The Morgan fingerprint density at radius 3 is 2.68 bits per heavy atom. The van der Waals surface area contributed by atoms with Gasteiger partial charge in [0, 0.05) is 13.5 Å². The fourth-order valence-electron chi connectivity index (χ4n) is 3.45.